The first kappa shape index (κ1) is 21.1. The molecule has 4 amide bonds. The summed E-state index contributed by atoms with van der Waals surface area (Å²) in [6.07, 6.45) is 2.29. The molecule has 1 atom stereocenters. The molecule has 1 aliphatic rings. The molecule has 30 heavy (non-hydrogen) atoms. The van der Waals surface area contributed by atoms with Crippen LogP contribution in [0.15, 0.2) is 48.0 Å². The summed E-state index contributed by atoms with van der Waals surface area (Å²) in [5.41, 5.74) is 1.80. The predicted molar refractivity (Wildman–Crippen MR) is 114 cm³/mol. The number of ether oxygens (including phenoxy) is 2. The number of aryl methyl sites for hydroxylation is 1. The number of hydrogen-bond donors (Lipinski definition) is 1. The first-order valence-electron chi connectivity index (χ1n) is 9.66. The van der Waals surface area contributed by atoms with Crippen LogP contribution in [0.3, 0.4) is 0 Å². The number of hydrogen-bond acceptors (Lipinski definition) is 5. The third-order valence-corrected chi connectivity index (χ3v) is 4.80. The van der Waals surface area contributed by atoms with Gasteiger partial charge in [0, 0.05) is 0 Å². The Bertz CT molecular complexity index is 1010. The topological polar surface area (TPSA) is 84.9 Å². The van der Waals surface area contributed by atoms with Crippen molar-refractivity contribution in [3.63, 3.8) is 0 Å². The minimum absolute atomic E-state index is 0.0166. The van der Waals surface area contributed by atoms with Crippen LogP contribution < -0.4 is 19.7 Å². The van der Waals surface area contributed by atoms with Crippen LogP contribution in [-0.2, 0) is 9.59 Å². The summed E-state index contributed by atoms with van der Waals surface area (Å²) < 4.78 is 11.2. The zero-order valence-corrected chi connectivity index (χ0v) is 17.4. The Morgan fingerprint density at radius 2 is 1.77 bits per heavy atom. The van der Waals surface area contributed by atoms with E-state index >= 15 is 0 Å². The number of anilines is 1. The molecule has 0 radical (unpaired) electrons. The molecular formula is C23H24N2O5. The quantitative estimate of drug-likeness (QED) is 0.580. The fourth-order valence-corrected chi connectivity index (χ4v) is 2.92. The molecule has 7 heteroatoms. The van der Waals surface area contributed by atoms with Gasteiger partial charge in [0.15, 0.2) is 11.5 Å². The second-order valence-electron chi connectivity index (χ2n) is 7.04. The van der Waals surface area contributed by atoms with Gasteiger partial charge in [0.2, 0.25) is 0 Å². The van der Waals surface area contributed by atoms with E-state index in [0.29, 0.717) is 22.7 Å². The second kappa shape index (κ2) is 8.82. The summed E-state index contributed by atoms with van der Waals surface area (Å²) >= 11 is 0. The van der Waals surface area contributed by atoms with Gasteiger partial charge >= 0.3 is 6.03 Å². The second-order valence-corrected chi connectivity index (χ2v) is 7.04. The van der Waals surface area contributed by atoms with Gasteiger partial charge in [-0.05, 0) is 56.2 Å². The first-order chi connectivity index (χ1) is 14.3. The minimum atomic E-state index is -0.777. The number of benzene rings is 2. The van der Waals surface area contributed by atoms with Crippen molar-refractivity contribution in [3.8, 4) is 11.5 Å². The normalized spacial score (nSPS) is 16.5. The summed E-state index contributed by atoms with van der Waals surface area (Å²) in [6, 6.07) is 11.2. The van der Waals surface area contributed by atoms with Crippen molar-refractivity contribution in [1.29, 1.82) is 0 Å². The van der Waals surface area contributed by atoms with Crippen LogP contribution in [0.2, 0.25) is 0 Å². The van der Waals surface area contributed by atoms with Crippen LogP contribution in [0.4, 0.5) is 10.5 Å². The van der Waals surface area contributed by atoms with Crippen molar-refractivity contribution in [1.82, 2.24) is 5.32 Å². The maximum Gasteiger partial charge on any atom is 0.335 e. The molecule has 2 aromatic carbocycles. The highest BCUT2D eigenvalue weighted by Gasteiger charge is 2.36. The highest BCUT2D eigenvalue weighted by molar-refractivity contribution is 6.39. The molecule has 0 aromatic heterocycles. The third kappa shape index (κ3) is 4.35. The molecule has 1 N–H and O–H groups in total. The fraction of sp³-hybridized carbons (Fsp3) is 0.261. The highest BCUT2D eigenvalue weighted by atomic mass is 16.5. The molecule has 1 heterocycles. The Morgan fingerprint density at radius 3 is 2.40 bits per heavy atom. The van der Waals surface area contributed by atoms with Gasteiger partial charge in [-0.1, -0.05) is 30.7 Å². The van der Waals surface area contributed by atoms with E-state index in [1.54, 1.807) is 42.5 Å². The van der Waals surface area contributed by atoms with Crippen molar-refractivity contribution >= 4 is 29.6 Å². The van der Waals surface area contributed by atoms with Crippen molar-refractivity contribution < 1.29 is 23.9 Å². The maximum absolute atomic E-state index is 13.0. The number of imide groups is 2. The molecular weight excluding hydrogens is 384 g/mol. The fourth-order valence-electron chi connectivity index (χ4n) is 2.92. The van der Waals surface area contributed by atoms with Gasteiger partial charge in [-0.3, -0.25) is 14.9 Å². The summed E-state index contributed by atoms with van der Waals surface area (Å²) in [5, 5.41) is 2.22. The number of rotatable bonds is 6. The van der Waals surface area contributed by atoms with Crippen molar-refractivity contribution in [2.24, 2.45) is 0 Å². The summed E-state index contributed by atoms with van der Waals surface area (Å²) in [5.74, 6) is -0.372. The van der Waals surface area contributed by atoms with Crippen molar-refractivity contribution in [2.75, 3.05) is 12.0 Å². The minimum Gasteiger partial charge on any atom is -0.493 e. The van der Waals surface area contributed by atoms with Gasteiger partial charge < -0.3 is 9.47 Å². The largest absolute Gasteiger partial charge is 0.493 e. The molecule has 1 fully saturated rings. The van der Waals surface area contributed by atoms with Gasteiger partial charge in [0.25, 0.3) is 11.8 Å². The van der Waals surface area contributed by atoms with Crippen molar-refractivity contribution in [3.05, 3.63) is 59.2 Å². The Balaban J connectivity index is 1.95. The van der Waals surface area contributed by atoms with Gasteiger partial charge in [0.05, 0.1) is 18.9 Å². The first-order valence-corrected chi connectivity index (χ1v) is 9.66. The number of carbonyl (C=O) groups is 3. The molecule has 0 aliphatic carbocycles. The molecule has 156 valence electrons. The lowest BCUT2D eigenvalue weighted by molar-refractivity contribution is -0.122. The van der Waals surface area contributed by atoms with Crippen LogP contribution in [0.1, 0.15) is 31.4 Å². The molecule has 0 saturated carbocycles. The number of nitrogens with one attached hydrogen (secondary N) is 1. The summed E-state index contributed by atoms with van der Waals surface area (Å²) in [6.45, 7) is 5.88. The lowest BCUT2D eigenvalue weighted by atomic mass is 10.1. The smallest absolute Gasteiger partial charge is 0.335 e. The van der Waals surface area contributed by atoms with Crippen LogP contribution in [0.25, 0.3) is 6.08 Å². The monoisotopic (exact) mass is 408 g/mol. The number of nitrogens with zero attached hydrogens (tertiary/aromatic N) is 1. The molecule has 1 unspecified atom stereocenters. The summed E-state index contributed by atoms with van der Waals surface area (Å²) in [4.78, 5) is 38.5. The Kier molecular flexibility index (Phi) is 6.20. The molecule has 2 aromatic rings. The maximum atomic E-state index is 13.0. The molecule has 7 nitrogen and oxygen atoms in total. The molecule has 3 rings (SSSR count). The standard InChI is InChI=1S/C23H24N2O5/c1-5-15(3)30-19-11-8-16(13-20(19)29-4)12-18-21(26)24-23(28)25(22(18)27)17-9-6-14(2)7-10-17/h6-13,15H,5H2,1-4H3,(H,24,26,28)/b18-12+. The van der Waals surface area contributed by atoms with Crippen LogP contribution in [0, 0.1) is 6.92 Å². The van der Waals surface area contributed by atoms with Crippen LogP contribution in [-0.4, -0.2) is 31.1 Å². The highest BCUT2D eigenvalue weighted by Crippen LogP contribution is 2.31. The zero-order chi connectivity index (χ0) is 21.8. The SMILES string of the molecule is CCC(C)Oc1ccc(/C=C2\C(=O)NC(=O)N(c3ccc(C)cc3)C2=O)cc1OC. The van der Waals surface area contributed by atoms with Gasteiger partial charge in [-0.15, -0.1) is 0 Å². The van der Waals surface area contributed by atoms with E-state index in [2.05, 4.69) is 5.32 Å². The predicted octanol–water partition coefficient (Wildman–Crippen LogP) is 3.85. The van der Waals surface area contributed by atoms with E-state index in [9.17, 15) is 14.4 Å². The van der Waals surface area contributed by atoms with E-state index in [4.69, 9.17) is 9.47 Å². The van der Waals surface area contributed by atoms with Crippen LogP contribution >= 0.6 is 0 Å². The van der Waals surface area contributed by atoms with Gasteiger partial charge in [-0.2, -0.15) is 0 Å². The zero-order valence-electron chi connectivity index (χ0n) is 17.4. The van der Waals surface area contributed by atoms with Gasteiger partial charge in [0.1, 0.15) is 5.57 Å². The number of carbonyl (C=O) groups excluding carboxylic acids is 3. The lowest BCUT2D eigenvalue weighted by Gasteiger charge is -2.26. The Hall–Kier alpha value is -3.61. The number of urea groups is 1. The van der Waals surface area contributed by atoms with E-state index in [0.717, 1.165) is 16.9 Å². The van der Waals surface area contributed by atoms with E-state index in [-0.39, 0.29) is 11.7 Å². The van der Waals surface area contributed by atoms with Crippen LogP contribution in [0.5, 0.6) is 11.5 Å². The third-order valence-electron chi connectivity index (χ3n) is 4.80. The number of amides is 4. The number of barbiturate groups is 1. The van der Waals surface area contributed by atoms with E-state index in [1.807, 2.05) is 20.8 Å². The van der Waals surface area contributed by atoms with E-state index < -0.39 is 17.8 Å². The average Bonchev–Trinajstić information content (AvgIpc) is 2.73. The molecule has 1 aliphatic heterocycles. The van der Waals surface area contributed by atoms with E-state index in [1.165, 1.54) is 13.2 Å². The molecule has 1 saturated heterocycles. The molecule has 0 spiro atoms. The number of methoxy groups -OCH3 is 1. The Labute approximate surface area is 175 Å². The van der Waals surface area contributed by atoms with Gasteiger partial charge in [-0.25, -0.2) is 9.69 Å². The average molecular weight is 408 g/mol. The summed E-state index contributed by atoms with van der Waals surface area (Å²) in [7, 11) is 1.52. The molecule has 0 bridgehead atoms. The van der Waals surface area contributed by atoms with Crippen molar-refractivity contribution in [2.45, 2.75) is 33.3 Å². The Morgan fingerprint density at radius 1 is 1.07 bits per heavy atom. The lowest BCUT2D eigenvalue weighted by Crippen LogP contribution is -2.54.